The molecule has 3 aromatic rings. The van der Waals surface area contributed by atoms with E-state index in [1.54, 1.807) is 18.3 Å². The third-order valence-corrected chi connectivity index (χ3v) is 4.69. The minimum atomic E-state index is -0.296. The molecule has 1 saturated heterocycles. The lowest BCUT2D eigenvalue weighted by Crippen LogP contribution is -2.22. The molecule has 0 saturated carbocycles. The summed E-state index contributed by atoms with van der Waals surface area (Å²) in [6.07, 6.45) is 5.48. The molecule has 0 amide bonds. The van der Waals surface area contributed by atoms with Gasteiger partial charge in [0.1, 0.15) is 11.6 Å². The first kappa shape index (κ1) is 17.6. The Hall–Kier alpha value is -2.80. The fraction of sp³-hybridized carbons (Fsp3) is 0.350. The lowest BCUT2D eigenvalue weighted by atomic mass is 10.2. The Kier molecular flexibility index (Phi) is 5.39. The highest BCUT2D eigenvalue weighted by Gasteiger charge is 2.12. The van der Waals surface area contributed by atoms with Crippen LogP contribution in [0.4, 0.5) is 10.2 Å². The number of nitrogens with zero attached hydrogens (tertiary/aromatic N) is 4. The highest BCUT2D eigenvalue weighted by Crippen LogP contribution is 2.22. The molecule has 1 fully saturated rings. The second kappa shape index (κ2) is 8.26. The predicted octanol–water partition coefficient (Wildman–Crippen LogP) is 3.84. The van der Waals surface area contributed by atoms with Gasteiger partial charge in [0.25, 0.3) is 5.89 Å². The van der Waals surface area contributed by atoms with Crippen LogP contribution in [0.1, 0.15) is 19.3 Å². The van der Waals surface area contributed by atoms with Crippen LogP contribution >= 0.6 is 0 Å². The Morgan fingerprint density at radius 3 is 2.56 bits per heavy atom. The van der Waals surface area contributed by atoms with Crippen LogP contribution in [0, 0.1) is 5.82 Å². The van der Waals surface area contributed by atoms with Gasteiger partial charge in [0.15, 0.2) is 0 Å². The number of hydrogen-bond donors (Lipinski definition) is 1. The van der Waals surface area contributed by atoms with E-state index in [2.05, 4.69) is 25.3 Å². The Bertz CT molecular complexity index is 857. The maximum absolute atomic E-state index is 13.0. The van der Waals surface area contributed by atoms with Crippen LogP contribution < -0.4 is 5.32 Å². The lowest BCUT2D eigenvalue weighted by Gasteiger charge is -2.14. The van der Waals surface area contributed by atoms with Gasteiger partial charge in [-0.15, -0.1) is 0 Å². The largest absolute Gasteiger partial charge is 0.370 e. The maximum Gasteiger partial charge on any atom is 0.259 e. The Balaban J connectivity index is 1.32. The summed E-state index contributed by atoms with van der Waals surface area (Å²) >= 11 is 0. The van der Waals surface area contributed by atoms with Gasteiger partial charge in [0.05, 0.1) is 5.56 Å². The number of nitrogens with one attached hydrogen (secondary N) is 1. The monoisotopic (exact) mass is 367 g/mol. The van der Waals surface area contributed by atoms with Crippen LogP contribution in [0.5, 0.6) is 0 Å². The van der Waals surface area contributed by atoms with Gasteiger partial charge >= 0.3 is 0 Å². The molecule has 4 rings (SSSR count). The standard InChI is InChI=1S/C20H22FN5O/c21-17-7-4-15(5-8-17)19-24-20(27-25-19)16-6-9-18(23-14-16)22-10-3-13-26-11-1-2-12-26/h4-9,14H,1-3,10-13H2,(H,22,23). The molecule has 0 bridgehead atoms. The lowest BCUT2D eigenvalue weighted by molar-refractivity contribution is 0.337. The van der Waals surface area contributed by atoms with E-state index in [4.69, 9.17) is 4.52 Å². The van der Waals surface area contributed by atoms with Gasteiger partial charge in [0.2, 0.25) is 5.82 Å². The zero-order chi connectivity index (χ0) is 18.5. The molecule has 3 heterocycles. The summed E-state index contributed by atoms with van der Waals surface area (Å²) < 4.78 is 18.3. The molecule has 1 N–H and O–H groups in total. The summed E-state index contributed by atoms with van der Waals surface area (Å²) in [5.74, 6) is 1.35. The molecule has 7 heteroatoms. The Labute approximate surface area is 157 Å². The SMILES string of the molecule is Fc1ccc(-c2noc(-c3ccc(NCCCN4CCCC4)nc3)n2)cc1. The van der Waals surface area contributed by atoms with Crippen LogP contribution in [0.3, 0.4) is 0 Å². The molecule has 2 aromatic heterocycles. The average Bonchev–Trinajstić information content (AvgIpc) is 3.39. The highest BCUT2D eigenvalue weighted by molar-refractivity contribution is 5.60. The summed E-state index contributed by atoms with van der Waals surface area (Å²) in [7, 11) is 0. The molecule has 0 unspecified atom stereocenters. The average molecular weight is 367 g/mol. The molecule has 0 aliphatic carbocycles. The number of pyridine rings is 1. The molecular formula is C20H22FN5O. The van der Waals surface area contributed by atoms with E-state index in [9.17, 15) is 4.39 Å². The summed E-state index contributed by atoms with van der Waals surface area (Å²) in [6, 6.07) is 9.80. The van der Waals surface area contributed by atoms with Crippen molar-refractivity contribution in [3.8, 4) is 22.8 Å². The van der Waals surface area contributed by atoms with Crippen molar-refractivity contribution in [2.75, 3.05) is 31.5 Å². The third-order valence-electron chi connectivity index (χ3n) is 4.69. The first-order chi connectivity index (χ1) is 13.3. The van der Waals surface area contributed by atoms with Gasteiger partial charge < -0.3 is 14.7 Å². The van der Waals surface area contributed by atoms with Crippen LogP contribution in [0.15, 0.2) is 47.1 Å². The molecule has 6 nitrogen and oxygen atoms in total. The number of rotatable bonds is 7. The topological polar surface area (TPSA) is 67.1 Å². The summed E-state index contributed by atoms with van der Waals surface area (Å²) in [5, 5.41) is 7.30. The van der Waals surface area contributed by atoms with Gasteiger partial charge in [-0.3, -0.25) is 0 Å². The van der Waals surface area contributed by atoms with E-state index in [0.717, 1.165) is 30.9 Å². The van der Waals surface area contributed by atoms with E-state index < -0.39 is 0 Å². The van der Waals surface area contributed by atoms with E-state index in [-0.39, 0.29) is 5.82 Å². The van der Waals surface area contributed by atoms with Crippen molar-refractivity contribution in [1.29, 1.82) is 0 Å². The Morgan fingerprint density at radius 2 is 1.81 bits per heavy atom. The van der Waals surface area contributed by atoms with Crippen molar-refractivity contribution in [3.63, 3.8) is 0 Å². The van der Waals surface area contributed by atoms with E-state index in [1.807, 2.05) is 12.1 Å². The summed E-state index contributed by atoms with van der Waals surface area (Å²) in [5.41, 5.74) is 1.45. The maximum atomic E-state index is 13.0. The number of halogens is 1. The van der Waals surface area contributed by atoms with Crippen molar-refractivity contribution >= 4 is 5.82 Å². The first-order valence-electron chi connectivity index (χ1n) is 9.30. The molecule has 0 atom stereocenters. The van der Waals surface area contributed by atoms with Crippen molar-refractivity contribution in [2.24, 2.45) is 0 Å². The number of benzene rings is 1. The minimum absolute atomic E-state index is 0.296. The predicted molar refractivity (Wildman–Crippen MR) is 102 cm³/mol. The van der Waals surface area contributed by atoms with E-state index >= 15 is 0 Å². The normalized spacial score (nSPS) is 14.6. The molecule has 0 radical (unpaired) electrons. The van der Waals surface area contributed by atoms with Gasteiger partial charge in [-0.2, -0.15) is 4.98 Å². The zero-order valence-electron chi connectivity index (χ0n) is 15.1. The molecular weight excluding hydrogens is 345 g/mol. The molecule has 1 aliphatic rings. The van der Waals surface area contributed by atoms with Crippen molar-refractivity contribution < 1.29 is 8.91 Å². The van der Waals surface area contributed by atoms with Gasteiger partial charge in [-0.1, -0.05) is 5.16 Å². The second-order valence-electron chi connectivity index (χ2n) is 6.69. The van der Waals surface area contributed by atoms with Crippen LogP contribution in [0.25, 0.3) is 22.8 Å². The van der Waals surface area contributed by atoms with E-state index in [1.165, 1.54) is 38.1 Å². The molecule has 140 valence electrons. The van der Waals surface area contributed by atoms with E-state index in [0.29, 0.717) is 17.3 Å². The molecule has 27 heavy (non-hydrogen) atoms. The fourth-order valence-electron chi connectivity index (χ4n) is 3.21. The van der Waals surface area contributed by atoms with Crippen LogP contribution in [0.2, 0.25) is 0 Å². The quantitative estimate of drug-likeness (QED) is 0.640. The number of likely N-dealkylation sites (tertiary alicyclic amines) is 1. The number of aromatic nitrogens is 3. The van der Waals surface area contributed by atoms with Gasteiger partial charge in [0, 0.05) is 18.3 Å². The Morgan fingerprint density at radius 1 is 1.04 bits per heavy atom. The van der Waals surface area contributed by atoms with Gasteiger partial charge in [-0.25, -0.2) is 9.37 Å². The third kappa shape index (κ3) is 4.49. The number of hydrogen-bond acceptors (Lipinski definition) is 6. The number of anilines is 1. The molecule has 0 spiro atoms. The molecule has 1 aliphatic heterocycles. The molecule has 1 aromatic carbocycles. The minimum Gasteiger partial charge on any atom is -0.370 e. The van der Waals surface area contributed by atoms with Crippen LogP contribution in [-0.4, -0.2) is 46.2 Å². The smallest absolute Gasteiger partial charge is 0.259 e. The fourth-order valence-corrected chi connectivity index (χ4v) is 3.21. The van der Waals surface area contributed by atoms with Crippen LogP contribution in [-0.2, 0) is 0 Å². The second-order valence-corrected chi connectivity index (χ2v) is 6.69. The zero-order valence-corrected chi connectivity index (χ0v) is 15.1. The first-order valence-corrected chi connectivity index (χ1v) is 9.30. The highest BCUT2D eigenvalue weighted by atomic mass is 19.1. The van der Waals surface area contributed by atoms with Gasteiger partial charge in [-0.05, 0) is 75.3 Å². The van der Waals surface area contributed by atoms with Crippen molar-refractivity contribution in [2.45, 2.75) is 19.3 Å². The van der Waals surface area contributed by atoms with Crippen molar-refractivity contribution in [1.82, 2.24) is 20.0 Å². The van der Waals surface area contributed by atoms with Crippen molar-refractivity contribution in [3.05, 3.63) is 48.4 Å². The summed E-state index contributed by atoms with van der Waals surface area (Å²) in [6.45, 7) is 4.51. The summed E-state index contributed by atoms with van der Waals surface area (Å²) in [4.78, 5) is 11.3.